The van der Waals surface area contributed by atoms with Gasteiger partial charge in [0.05, 0.1) is 6.61 Å². The number of esters is 1. The Bertz CT molecular complexity index is 1050. The van der Waals surface area contributed by atoms with E-state index >= 15 is 0 Å². The normalized spacial score (nSPS) is 14.6. The van der Waals surface area contributed by atoms with Gasteiger partial charge in [-0.3, -0.25) is 4.79 Å². The van der Waals surface area contributed by atoms with E-state index in [9.17, 15) is 57.7 Å². The van der Waals surface area contributed by atoms with Crippen LogP contribution in [0.5, 0.6) is 0 Å². The number of nitrogens with one attached hydrogen (secondary N) is 1. The van der Waals surface area contributed by atoms with E-state index in [4.69, 9.17) is 0 Å². The standard InChI is InChI=1S/C19H19F8NO7S/c1-12(20)14(29)35-17(18(23,24)25,15(30)28-11-13-7-3-2-4-8-13)34-10-6-5-9-16(21,22)19(26,27)36(31,32)33/h2-4,7-8H,1,5-6,9-11H2,(H,28,30)(H,31,32,33)/p-1. The molecule has 1 atom stereocenters. The van der Waals surface area contributed by atoms with E-state index in [2.05, 4.69) is 16.1 Å². The molecule has 0 heterocycles. The van der Waals surface area contributed by atoms with Gasteiger partial charge in [0, 0.05) is 13.0 Å². The van der Waals surface area contributed by atoms with Gasteiger partial charge in [0.25, 0.3) is 0 Å². The first kappa shape index (κ1) is 31.2. The van der Waals surface area contributed by atoms with E-state index < -0.39 is 83.4 Å². The smallest absolute Gasteiger partial charge is 0.466 e. The second-order valence-corrected chi connectivity index (χ2v) is 8.48. The number of halogens is 8. The van der Waals surface area contributed by atoms with Gasteiger partial charge in [0.2, 0.25) is 5.83 Å². The van der Waals surface area contributed by atoms with Crippen molar-refractivity contribution in [3.05, 3.63) is 48.3 Å². The number of rotatable bonds is 13. The molecule has 1 amide bonds. The monoisotopic (exact) mass is 556 g/mol. The summed E-state index contributed by atoms with van der Waals surface area (Å²) in [6, 6.07) is 7.28. The highest BCUT2D eigenvalue weighted by Crippen LogP contribution is 2.42. The van der Waals surface area contributed by atoms with Gasteiger partial charge >= 0.3 is 35.0 Å². The largest absolute Gasteiger partial charge is 0.743 e. The molecule has 36 heavy (non-hydrogen) atoms. The van der Waals surface area contributed by atoms with E-state index in [1.165, 1.54) is 24.3 Å². The van der Waals surface area contributed by atoms with Crippen molar-refractivity contribution in [3.63, 3.8) is 0 Å². The number of hydrogen-bond donors (Lipinski definition) is 1. The van der Waals surface area contributed by atoms with E-state index in [0.29, 0.717) is 0 Å². The van der Waals surface area contributed by atoms with Crippen LogP contribution < -0.4 is 5.32 Å². The number of benzene rings is 1. The summed E-state index contributed by atoms with van der Waals surface area (Å²) in [6.45, 7) is 0.522. The summed E-state index contributed by atoms with van der Waals surface area (Å²) in [5, 5.41) is -4.25. The maximum atomic E-state index is 13.8. The van der Waals surface area contributed by atoms with E-state index in [0.717, 1.165) is 0 Å². The Kier molecular flexibility index (Phi) is 9.99. The number of carbonyl (C=O) groups is 2. The lowest BCUT2D eigenvalue weighted by atomic mass is 10.1. The van der Waals surface area contributed by atoms with Crippen LogP contribution in [0.15, 0.2) is 42.7 Å². The quantitative estimate of drug-likeness (QED) is 0.0985. The molecule has 8 nitrogen and oxygen atoms in total. The van der Waals surface area contributed by atoms with Crippen LogP contribution in [0, 0.1) is 0 Å². The van der Waals surface area contributed by atoms with Crippen molar-refractivity contribution >= 4 is 22.0 Å². The Morgan fingerprint density at radius 1 is 1.00 bits per heavy atom. The minimum Gasteiger partial charge on any atom is -0.743 e. The third kappa shape index (κ3) is 7.36. The summed E-state index contributed by atoms with van der Waals surface area (Å²) < 4.78 is 147. The van der Waals surface area contributed by atoms with Crippen molar-refractivity contribution in [2.24, 2.45) is 0 Å². The molecule has 204 valence electrons. The fraction of sp³-hybridized carbons (Fsp3) is 0.474. The number of hydrogen-bond acceptors (Lipinski definition) is 7. The highest BCUT2D eigenvalue weighted by Gasteiger charge is 2.66. The van der Waals surface area contributed by atoms with Crippen LogP contribution in [0.3, 0.4) is 0 Å². The zero-order valence-corrected chi connectivity index (χ0v) is 18.7. The van der Waals surface area contributed by atoms with E-state index in [1.54, 1.807) is 11.4 Å². The van der Waals surface area contributed by atoms with Crippen molar-refractivity contribution in [1.29, 1.82) is 0 Å². The first-order valence-corrected chi connectivity index (χ1v) is 11.0. The lowest BCUT2D eigenvalue weighted by molar-refractivity contribution is -0.347. The Balaban J connectivity index is 3.04. The molecule has 0 saturated carbocycles. The fourth-order valence-electron chi connectivity index (χ4n) is 2.48. The third-order valence-electron chi connectivity index (χ3n) is 4.36. The van der Waals surface area contributed by atoms with Gasteiger partial charge in [-0.2, -0.15) is 35.1 Å². The maximum Gasteiger partial charge on any atom is 0.466 e. The van der Waals surface area contributed by atoms with Gasteiger partial charge in [-0.15, -0.1) is 0 Å². The molecule has 0 spiro atoms. The summed E-state index contributed by atoms with van der Waals surface area (Å²) >= 11 is 0. The maximum absolute atomic E-state index is 13.8. The molecule has 0 fully saturated rings. The van der Waals surface area contributed by atoms with Crippen molar-refractivity contribution in [2.75, 3.05) is 6.61 Å². The highest BCUT2D eigenvalue weighted by atomic mass is 32.2. The fourth-order valence-corrected chi connectivity index (χ4v) is 2.95. The molecular formula is C19H18F8NO7S-. The average Bonchev–Trinajstić information content (AvgIpc) is 2.75. The Hall–Kier alpha value is -2.79. The third-order valence-corrected chi connectivity index (χ3v) is 5.28. The second kappa shape index (κ2) is 11.5. The summed E-state index contributed by atoms with van der Waals surface area (Å²) in [4.78, 5) is 23.9. The molecule has 0 aromatic heterocycles. The lowest BCUT2D eigenvalue weighted by Crippen LogP contribution is -2.61. The van der Waals surface area contributed by atoms with Gasteiger partial charge < -0.3 is 19.3 Å². The van der Waals surface area contributed by atoms with Gasteiger partial charge in [0.15, 0.2) is 10.1 Å². The molecule has 0 aliphatic carbocycles. The van der Waals surface area contributed by atoms with Crippen LogP contribution in [-0.2, 0) is 35.7 Å². The van der Waals surface area contributed by atoms with Gasteiger partial charge in [-0.05, 0) is 18.4 Å². The number of unbranched alkanes of at least 4 members (excludes halogenated alkanes) is 1. The number of alkyl halides is 7. The predicted octanol–water partition coefficient (Wildman–Crippen LogP) is 3.55. The molecule has 0 aliphatic heterocycles. The van der Waals surface area contributed by atoms with Crippen LogP contribution in [0.4, 0.5) is 35.1 Å². The summed E-state index contributed by atoms with van der Waals surface area (Å²) in [5.41, 5.74) is 0.277. The van der Waals surface area contributed by atoms with E-state index in [1.807, 2.05) is 0 Å². The first-order chi connectivity index (χ1) is 16.3. The van der Waals surface area contributed by atoms with Gasteiger partial charge in [0.1, 0.15) is 0 Å². The molecule has 1 aromatic carbocycles. The molecule has 1 N–H and O–H groups in total. The van der Waals surface area contributed by atoms with Crippen LogP contribution in [0.1, 0.15) is 24.8 Å². The van der Waals surface area contributed by atoms with Crippen LogP contribution in [0.2, 0.25) is 0 Å². The molecule has 1 rings (SSSR count). The zero-order valence-electron chi connectivity index (χ0n) is 17.9. The minimum atomic E-state index is -6.78. The molecule has 1 unspecified atom stereocenters. The molecule has 17 heteroatoms. The number of carbonyl (C=O) groups excluding carboxylic acids is 2. The van der Waals surface area contributed by atoms with Crippen molar-refractivity contribution in [1.82, 2.24) is 5.32 Å². The van der Waals surface area contributed by atoms with Crippen molar-refractivity contribution < 1.29 is 67.2 Å². The van der Waals surface area contributed by atoms with Crippen LogP contribution in [0.25, 0.3) is 0 Å². The molecule has 0 saturated heterocycles. The number of amides is 1. The lowest BCUT2D eigenvalue weighted by Gasteiger charge is -2.33. The van der Waals surface area contributed by atoms with Crippen LogP contribution in [-0.4, -0.2) is 54.6 Å². The first-order valence-electron chi connectivity index (χ1n) is 9.60. The summed E-state index contributed by atoms with van der Waals surface area (Å²) in [7, 11) is -6.78. The zero-order chi connectivity index (χ0) is 28.0. The summed E-state index contributed by atoms with van der Waals surface area (Å²) in [5.74, 6) is -16.4. The molecule has 0 bridgehead atoms. The topological polar surface area (TPSA) is 122 Å². The predicted molar refractivity (Wildman–Crippen MR) is 103 cm³/mol. The molecule has 1 aromatic rings. The molecule has 0 aliphatic rings. The highest BCUT2D eigenvalue weighted by molar-refractivity contribution is 7.86. The van der Waals surface area contributed by atoms with Crippen molar-refractivity contribution in [2.45, 2.75) is 48.9 Å². The Labute approximate surface area is 199 Å². The summed E-state index contributed by atoms with van der Waals surface area (Å²) in [6.07, 6.45) is -9.94. The minimum absolute atomic E-state index is 0.277. The van der Waals surface area contributed by atoms with E-state index in [-0.39, 0.29) is 5.56 Å². The molecule has 0 radical (unpaired) electrons. The Morgan fingerprint density at radius 3 is 2.03 bits per heavy atom. The SMILES string of the molecule is C=C(F)C(=O)OC(OCCCCC(F)(F)C(F)(F)S(=O)(=O)[O-])(C(=O)NCc1ccccc1)C(F)(F)F. The average molecular weight is 556 g/mol. The van der Waals surface area contributed by atoms with Crippen LogP contribution >= 0.6 is 0 Å². The van der Waals surface area contributed by atoms with Gasteiger partial charge in [-0.25, -0.2) is 13.2 Å². The molecular weight excluding hydrogens is 538 g/mol. The Morgan fingerprint density at radius 2 is 1.56 bits per heavy atom. The van der Waals surface area contributed by atoms with Gasteiger partial charge in [-0.1, -0.05) is 36.9 Å². The second-order valence-electron chi connectivity index (χ2n) is 7.06. The van der Waals surface area contributed by atoms with Crippen molar-refractivity contribution in [3.8, 4) is 0 Å². The number of ether oxygens (including phenoxy) is 2.